The average Bonchev–Trinajstić information content (AvgIpc) is 3.69. The van der Waals surface area contributed by atoms with Crippen LogP contribution in [0.2, 0.25) is 5.02 Å². The number of carbonyl (C=O) groups excluding carboxylic acids is 4. The molecule has 1 fully saturated rings. The van der Waals surface area contributed by atoms with Crippen molar-refractivity contribution in [2.24, 2.45) is 0 Å². The second kappa shape index (κ2) is 14.5. The second-order valence-electron chi connectivity index (χ2n) is 10.3. The van der Waals surface area contributed by atoms with Gasteiger partial charge < -0.3 is 15.4 Å². The molecule has 4 aromatic carbocycles. The predicted molar refractivity (Wildman–Crippen MR) is 186 cm³/mol. The maximum atomic E-state index is 13.4. The van der Waals surface area contributed by atoms with Crippen LogP contribution >= 0.6 is 34.7 Å². The standard InChI is InChI=1S/C36H26ClN3O5S2/c37-24-11-15-27(16-12-24)45-28-17-13-26(14-18-28)40-33(41)22-32(36(40)44)47-30-9-4-8-25(20-30)38-35(43)31(21-29-10-5-19-46-29)39-34(42)23-6-2-1-3-7-23/h1-21,32H,22H2,(H,38,43)(H,39,42)/b31-21-/t32-/m1/s1. The van der Waals surface area contributed by atoms with E-state index in [1.54, 1.807) is 103 Å². The molecule has 1 aromatic heterocycles. The Morgan fingerprint density at radius 2 is 1.60 bits per heavy atom. The second-order valence-corrected chi connectivity index (χ2v) is 13.0. The maximum absolute atomic E-state index is 13.4. The lowest BCUT2D eigenvalue weighted by Gasteiger charge is -2.16. The molecule has 11 heteroatoms. The fourth-order valence-electron chi connectivity index (χ4n) is 4.74. The molecule has 4 amide bonds. The Morgan fingerprint density at radius 3 is 2.30 bits per heavy atom. The quantitative estimate of drug-likeness (QED) is 0.114. The van der Waals surface area contributed by atoms with E-state index in [9.17, 15) is 19.2 Å². The van der Waals surface area contributed by atoms with E-state index in [1.807, 2.05) is 23.6 Å². The van der Waals surface area contributed by atoms with Crippen LogP contribution in [0.1, 0.15) is 21.7 Å². The Morgan fingerprint density at radius 1 is 0.872 bits per heavy atom. The van der Waals surface area contributed by atoms with Gasteiger partial charge in [-0.3, -0.25) is 19.2 Å². The van der Waals surface area contributed by atoms with Crippen molar-refractivity contribution in [3.8, 4) is 11.5 Å². The van der Waals surface area contributed by atoms with Crippen molar-refractivity contribution < 1.29 is 23.9 Å². The van der Waals surface area contributed by atoms with Gasteiger partial charge in [-0.1, -0.05) is 41.9 Å². The third-order valence-electron chi connectivity index (χ3n) is 6.98. The highest BCUT2D eigenvalue weighted by Gasteiger charge is 2.40. The zero-order chi connectivity index (χ0) is 32.8. The van der Waals surface area contributed by atoms with Crippen LogP contribution in [-0.4, -0.2) is 28.9 Å². The number of thiophene rings is 1. The van der Waals surface area contributed by atoms with E-state index in [4.69, 9.17) is 16.3 Å². The molecule has 0 unspecified atom stereocenters. The summed E-state index contributed by atoms with van der Waals surface area (Å²) in [6, 6.07) is 33.0. The summed E-state index contributed by atoms with van der Waals surface area (Å²) >= 11 is 8.61. The first kappa shape index (κ1) is 31.8. The number of carbonyl (C=O) groups is 4. The van der Waals surface area contributed by atoms with Gasteiger partial charge in [0.15, 0.2) is 0 Å². The third-order valence-corrected chi connectivity index (χ3v) is 9.23. The molecule has 0 spiro atoms. The van der Waals surface area contributed by atoms with E-state index >= 15 is 0 Å². The molecule has 0 aliphatic carbocycles. The monoisotopic (exact) mass is 679 g/mol. The van der Waals surface area contributed by atoms with E-state index in [-0.39, 0.29) is 23.9 Å². The van der Waals surface area contributed by atoms with Gasteiger partial charge in [0.05, 0.1) is 10.9 Å². The van der Waals surface area contributed by atoms with E-state index in [0.717, 1.165) is 4.88 Å². The zero-order valence-electron chi connectivity index (χ0n) is 24.6. The van der Waals surface area contributed by atoms with Gasteiger partial charge in [0.2, 0.25) is 11.8 Å². The SMILES string of the molecule is O=C(Nc1cccc(S[C@@H]2CC(=O)N(c3ccc(Oc4ccc(Cl)cc4)cc3)C2=O)c1)/C(=C/c1cccs1)NC(=O)c1ccccc1. The Bertz CT molecular complexity index is 1950. The number of rotatable bonds is 10. The summed E-state index contributed by atoms with van der Waals surface area (Å²) in [4.78, 5) is 55.3. The van der Waals surface area contributed by atoms with Gasteiger partial charge in [-0.15, -0.1) is 23.1 Å². The van der Waals surface area contributed by atoms with E-state index in [0.29, 0.717) is 38.4 Å². The number of ether oxygens (including phenoxy) is 1. The average molecular weight is 680 g/mol. The smallest absolute Gasteiger partial charge is 0.272 e. The van der Waals surface area contributed by atoms with Crippen molar-refractivity contribution in [1.82, 2.24) is 5.32 Å². The first-order valence-corrected chi connectivity index (χ1v) is 16.6. The van der Waals surface area contributed by atoms with Crippen LogP contribution in [0.15, 0.2) is 131 Å². The van der Waals surface area contributed by atoms with Gasteiger partial charge in [0.25, 0.3) is 11.8 Å². The van der Waals surface area contributed by atoms with Crippen molar-refractivity contribution in [3.63, 3.8) is 0 Å². The summed E-state index contributed by atoms with van der Waals surface area (Å²) in [7, 11) is 0. The van der Waals surface area contributed by atoms with Crippen molar-refractivity contribution in [3.05, 3.63) is 142 Å². The minimum atomic E-state index is -0.641. The number of hydrogen-bond acceptors (Lipinski definition) is 7. The van der Waals surface area contributed by atoms with Crippen LogP contribution in [0.25, 0.3) is 6.08 Å². The molecular formula is C36H26ClN3O5S2. The molecule has 47 heavy (non-hydrogen) atoms. The summed E-state index contributed by atoms with van der Waals surface area (Å²) in [6.07, 6.45) is 1.65. The van der Waals surface area contributed by atoms with Crippen molar-refractivity contribution >= 4 is 75.8 Å². The van der Waals surface area contributed by atoms with Crippen LogP contribution in [-0.2, 0) is 14.4 Å². The number of imide groups is 1. The minimum Gasteiger partial charge on any atom is -0.457 e. The van der Waals surface area contributed by atoms with E-state index in [2.05, 4.69) is 10.6 Å². The molecule has 1 aliphatic rings. The first-order chi connectivity index (χ1) is 22.8. The van der Waals surface area contributed by atoms with Gasteiger partial charge in [-0.05, 0) is 96.4 Å². The summed E-state index contributed by atoms with van der Waals surface area (Å²) in [5, 5.41) is 7.41. The molecule has 2 heterocycles. The molecular weight excluding hydrogens is 654 g/mol. The summed E-state index contributed by atoms with van der Waals surface area (Å²) in [5.74, 6) is -0.395. The number of benzene rings is 4. The topological polar surface area (TPSA) is 105 Å². The van der Waals surface area contributed by atoms with Gasteiger partial charge in [0, 0.05) is 32.5 Å². The molecule has 0 bridgehead atoms. The van der Waals surface area contributed by atoms with Gasteiger partial charge in [-0.25, -0.2) is 4.90 Å². The molecule has 234 valence electrons. The number of halogens is 1. The lowest BCUT2D eigenvalue weighted by atomic mass is 10.2. The van der Waals surface area contributed by atoms with Crippen LogP contribution in [0, 0.1) is 0 Å². The van der Waals surface area contributed by atoms with Gasteiger partial charge in [-0.2, -0.15) is 0 Å². The summed E-state index contributed by atoms with van der Waals surface area (Å²) in [5.41, 5.74) is 1.42. The van der Waals surface area contributed by atoms with Crippen molar-refractivity contribution in [2.75, 3.05) is 10.2 Å². The number of nitrogens with one attached hydrogen (secondary N) is 2. The fourth-order valence-corrected chi connectivity index (χ4v) is 6.63. The van der Waals surface area contributed by atoms with Crippen LogP contribution in [0.3, 0.4) is 0 Å². The first-order valence-electron chi connectivity index (χ1n) is 14.4. The molecule has 8 nitrogen and oxygen atoms in total. The third kappa shape index (κ3) is 7.98. The molecule has 1 atom stereocenters. The normalized spacial score (nSPS) is 14.6. The van der Waals surface area contributed by atoms with Crippen LogP contribution < -0.4 is 20.3 Å². The van der Waals surface area contributed by atoms with Gasteiger partial charge in [0.1, 0.15) is 17.2 Å². The van der Waals surface area contributed by atoms with E-state index < -0.39 is 17.1 Å². The van der Waals surface area contributed by atoms with Gasteiger partial charge >= 0.3 is 0 Å². The Hall–Kier alpha value is -5.16. The van der Waals surface area contributed by atoms with E-state index in [1.165, 1.54) is 28.0 Å². The number of anilines is 2. The molecule has 0 radical (unpaired) electrons. The molecule has 0 saturated carbocycles. The summed E-state index contributed by atoms with van der Waals surface area (Å²) in [6.45, 7) is 0. The highest BCUT2D eigenvalue weighted by atomic mass is 35.5. The molecule has 6 rings (SSSR count). The largest absolute Gasteiger partial charge is 0.457 e. The highest BCUT2D eigenvalue weighted by Crippen LogP contribution is 2.36. The fraction of sp³-hybridized carbons (Fsp3) is 0.0556. The number of thioether (sulfide) groups is 1. The van der Waals surface area contributed by atoms with Crippen molar-refractivity contribution in [1.29, 1.82) is 0 Å². The lowest BCUT2D eigenvalue weighted by molar-refractivity contribution is -0.121. The Balaban J connectivity index is 1.11. The Labute approximate surface area is 284 Å². The summed E-state index contributed by atoms with van der Waals surface area (Å²) < 4.78 is 5.82. The van der Waals surface area contributed by atoms with Crippen molar-refractivity contribution in [2.45, 2.75) is 16.6 Å². The molecule has 1 aliphatic heterocycles. The Kier molecular flexibility index (Phi) is 9.82. The molecule has 5 aromatic rings. The lowest BCUT2D eigenvalue weighted by Crippen LogP contribution is -2.31. The predicted octanol–water partition coefficient (Wildman–Crippen LogP) is 8.03. The number of nitrogens with zero attached hydrogens (tertiary/aromatic N) is 1. The van der Waals surface area contributed by atoms with Crippen LogP contribution in [0.5, 0.6) is 11.5 Å². The van der Waals surface area contributed by atoms with Crippen LogP contribution in [0.4, 0.5) is 11.4 Å². The maximum Gasteiger partial charge on any atom is 0.272 e. The highest BCUT2D eigenvalue weighted by molar-refractivity contribution is 8.00. The molecule has 2 N–H and O–H groups in total. The minimum absolute atomic E-state index is 0.0301. The number of amides is 4. The zero-order valence-corrected chi connectivity index (χ0v) is 27.0. The number of hydrogen-bond donors (Lipinski definition) is 2. The molecule has 1 saturated heterocycles.